The summed E-state index contributed by atoms with van der Waals surface area (Å²) in [6, 6.07) is 9.09. The molecule has 2 N–H and O–H groups in total. The van der Waals surface area contributed by atoms with Crippen molar-refractivity contribution in [2.75, 3.05) is 0 Å². The highest BCUT2D eigenvalue weighted by Crippen LogP contribution is 2.32. The average Bonchev–Trinajstić information content (AvgIpc) is 2.19. The van der Waals surface area contributed by atoms with Crippen LogP contribution in [0.4, 0.5) is 0 Å². The van der Waals surface area contributed by atoms with E-state index in [1.807, 2.05) is 0 Å². The minimum absolute atomic E-state index is 0.414. The minimum Gasteiger partial charge on any atom is -0.328 e. The fourth-order valence-electron chi connectivity index (χ4n) is 2.27. The predicted octanol–water partition coefficient (Wildman–Crippen LogP) is 3.43. The molecular weight excluding hydrogens is 238 g/mol. The van der Waals surface area contributed by atoms with Crippen LogP contribution < -0.4 is 5.73 Å². The van der Waals surface area contributed by atoms with Crippen molar-refractivity contribution in [3.63, 3.8) is 0 Å². The molecule has 2 heteroatoms. The van der Waals surface area contributed by atoms with Gasteiger partial charge < -0.3 is 5.73 Å². The van der Waals surface area contributed by atoms with Crippen LogP contribution in [-0.2, 0) is 0 Å². The normalized spacial score (nSPS) is 27.6. The Bertz CT molecular complexity index is 294. The third-order valence-corrected chi connectivity index (χ3v) is 3.58. The number of hydrogen-bond acceptors (Lipinski definition) is 1. The van der Waals surface area contributed by atoms with Crippen LogP contribution >= 0.6 is 15.9 Å². The highest BCUT2D eigenvalue weighted by molar-refractivity contribution is 9.10. The van der Waals surface area contributed by atoms with Crippen LogP contribution in [0.5, 0.6) is 0 Å². The van der Waals surface area contributed by atoms with E-state index in [1.165, 1.54) is 24.8 Å². The lowest BCUT2D eigenvalue weighted by atomic mass is 9.82. The first kappa shape index (κ1) is 10.2. The van der Waals surface area contributed by atoms with Crippen molar-refractivity contribution in [3.05, 3.63) is 34.3 Å². The Kier molecular flexibility index (Phi) is 3.24. The second-order valence-electron chi connectivity index (χ2n) is 4.18. The third kappa shape index (κ3) is 2.37. The lowest BCUT2D eigenvalue weighted by Gasteiger charge is -2.26. The van der Waals surface area contributed by atoms with Gasteiger partial charge in [-0.05, 0) is 42.9 Å². The van der Waals surface area contributed by atoms with E-state index in [0.29, 0.717) is 12.0 Å². The standard InChI is InChI=1S/C12H16BrN/c13-11-6-4-9(5-7-11)10-2-1-3-12(14)8-10/h4-7,10,12H,1-3,8,14H2/t10-,12+/m0/s1. The molecule has 1 aliphatic carbocycles. The molecule has 0 radical (unpaired) electrons. The summed E-state index contributed by atoms with van der Waals surface area (Å²) in [6.45, 7) is 0. The molecule has 14 heavy (non-hydrogen) atoms. The topological polar surface area (TPSA) is 26.0 Å². The van der Waals surface area contributed by atoms with Gasteiger partial charge in [-0.2, -0.15) is 0 Å². The smallest absolute Gasteiger partial charge is 0.0175 e. The van der Waals surface area contributed by atoms with Crippen LogP contribution in [0.2, 0.25) is 0 Å². The zero-order valence-corrected chi connectivity index (χ0v) is 9.83. The summed E-state index contributed by atoms with van der Waals surface area (Å²) in [5.74, 6) is 0.687. The summed E-state index contributed by atoms with van der Waals surface area (Å²) < 4.78 is 1.15. The third-order valence-electron chi connectivity index (χ3n) is 3.06. The van der Waals surface area contributed by atoms with Crippen LogP contribution in [0.25, 0.3) is 0 Å². The van der Waals surface area contributed by atoms with Crippen molar-refractivity contribution in [1.29, 1.82) is 0 Å². The van der Waals surface area contributed by atoms with E-state index in [-0.39, 0.29) is 0 Å². The molecule has 0 heterocycles. The fraction of sp³-hybridized carbons (Fsp3) is 0.500. The molecule has 0 aliphatic heterocycles. The summed E-state index contributed by atoms with van der Waals surface area (Å²) in [5.41, 5.74) is 7.43. The molecule has 1 aromatic rings. The molecule has 1 aromatic carbocycles. The second kappa shape index (κ2) is 4.45. The number of benzene rings is 1. The van der Waals surface area contributed by atoms with Crippen molar-refractivity contribution >= 4 is 15.9 Å². The molecule has 0 spiro atoms. The van der Waals surface area contributed by atoms with Crippen LogP contribution in [0.1, 0.15) is 37.2 Å². The molecule has 0 unspecified atom stereocenters. The molecule has 0 saturated heterocycles. The van der Waals surface area contributed by atoms with Gasteiger partial charge in [-0.25, -0.2) is 0 Å². The Labute approximate surface area is 93.8 Å². The molecular formula is C12H16BrN. The van der Waals surface area contributed by atoms with E-state index in [1.54, 1.807) is 0 Å². The molecule has 1 nitrogen and oxygen atoms in total. The Morgan fingerprint density at radius 1 is 1.14 bits per heavy atom. The van der Waals surface area contributed by atoms with Gasteiger partial charge in [-0.1, -0.05) is 34.5 Å². The maximum absolute atomic E-state index is 5.98. The Hall–Kier alpha value is -0.340. The molecule has 76 valence electrons. The number of nitrogens with two attached hydrogens (primary N) is 1. The summed E-state index contributed by atoms with van der Waals surface area (Å²) in [6.07, 6.45) is 4.94. The molecule has 0 bridgehead atoms. The lowest BCUT2D eigenvalue weighted by Crippen LogP contribution is -2.26. The van der Waals surface area contributed by atoms with Gasteiger partial charge in [0, 0.05) is 10.5 Å². The van der Waals surface area contributed by atoms with Gasteiger partial charge in [0.2, 0.25) is 0 Å². The molecule has 1 fully saturated rings. The van der Waals surface area contributed by atoms with Crippen LogP contribution in [0, 0.1) is 0 Å². The average molecular weight is 254 g/mol. The van der Waals surface area contributed by atoms with Crippen LogP contribution in [0.15, 0.2) is 28.7 Å². The highest BCUT2D eigenvalue weighted by Gasteiger charge is 2.20. The number of rotatable bonds is 1. The summed E-state index contributed by atoms with van der Waals surface area (Å²) in [4.78, 5) is 0. The summed E-state index contributed by atoms with van der Waals surface area (Å²) >= 11 is 3.46. The van der Waals surface area contributed by atoms with Crippen molar-refractivity contribution in [3.8, 4) is 0 Å². The SMILES string of the molecule is N[C@@H]1CCC[C@H](c2ccc(Br)cc2)C1. The number of hydrogen-bond donors (Lipinski definition) is 1. The summed E-state index contributed by atoms with van der Waals surface area (Å²) in [5, 5.41) is 0. The largest absolute Gasteiger partial charge is 0.328 e. The highest BCUT2D eigenvalue weighted by atomic mass is 79.9. The zero-order valence-electron chi connectivity index (χ0n) is 8.25. The van der Waals surface area contributed by atoms with E-state index >= 15 is 0 Å². The first-order valence-electron chi connectivity index (χ1n) is 5.27. The maximum atomic E-state index is 5.98. The van der Waals surface area contributed by atoms with Gasteiger partial charge in [-0.3, -0.25) is 0 Å². The number of halogens is 1. The van der Waals surface area contributed by atoms with E-state index < -0.39 is 0 Å². The lowest BCUT2D eigenvalue weighted by molar-refractivity contribution is 0.393. The quantitative estimate of drug-likeness (QED) is 0.816. The van der Waals surface area contributed by atoms with Crippen molar-refractivity contribution in [1.82, 2.24) is 0 Å². The van der Waals surface area contributed by atoms with Gasteiger partial charge >= 0.3 is 0 Å². The van der Waals surface area contributed by atoms with Gasteiger partial charge in [0.1, 0.15) is 0 Å². The first-order valence-corrected chi connectivity index (χ1v) is 6.06. The molecule has 1 aliphatic rings. The van der Waals surface area contributed by atoms with E-state index in [4.69, 9.17) is 5.73 Å². The first-order chi connectivity index (χ1) is 6.75. The molecule has 0 aromatic heterocycles. The van der Waals surface area contributed by atoms with E-state index in [0.717, 1.165) is 10.9 Å². The van der Waals surface area contributed by atoms with E-state index in [2.05, 4.69) is 40.2 Å². The van der Waals surface area contributed by atoms with E-state index in [9.17, 15) is 0 Å². The van der Waals surface area contributed by atoms with Crippen molar-refractivity contribution in [2.24, 2.45) is 5.73 Å². The molecule has 2 rings (SSSR count). The summed E-state index contributed by atoms with van der Waals surface area (Å²) in [7, 11) is 0. The zero-order chi connectivity index (χ0) is 9.97. The molecule has 0 amide bonds. The van der Waals surface area contributed by atoms with Gasteiger partial charge in [0.25, 0.3) is 0 Å². The van der Waals surface area contributed by atoms with Crippen molar-refractivity contribution < 1.29 is 0 Å². The van der Waals surface area contributed by atoms with Crippen molar-refractivity contribution in [2.45, 2.75) is 37.6 Å². The Morgan fingerprint density at radius 3 is 2.50 bits per heavy atom. The van der Waals surface area contributed by atoms with Gasteiger partial charge in [-0.15, -0.1) is 0 Å². The molecule has 2 atom stereocenters. The predicted molar refractivity (Wildman–Crippen MR) is 63.3 cm³/mol. The Balaban J connectivity index is 2.10. The van der Waals surface area contributed by atoms with Gasteiger partial charge in [0.15, 0.2) is 0 Å². The minimum atomic E-state index is 0.414. The second-order valence-corrected chi connectivity index (χ2v) is 5.09. The Morgan fingerprint density at radius 2 is 1.86 bits per heavy atom. The fourth-order valence-corrected chi connectivity index (χ4v) is 2.53. The molecule has 1 saturated carbocycles. The van der Waals surface area contributed by atoms with Crippen LogP contribution in [0.3, 0.4) is 0 Å². The monoisotopic (exact) mass is 253 g/mol. The van der Waals surface area contributed by atoms with Gasteiger partial charge in [0.05, 0.1) is 0 Å². The maximum Gasteiger partial charge on any atom is 0.0175 e. The van der Waals surface area contributed by atoms with Crippen LogP contribution in [-0.4, -0.2) is 6.04 Å².